The molecule has 2 aromatic rings. The minimum atomic E-state index is -0.414. The SMILES string of the molecule is CC(Br)N(CC=O)C(=O)Nc1nc2cc(Cl)c(Cl)cc2s1. The van der Waals surface area contributed by atoms with Gasteiger partial charge in [0, 0.05) is 0 Å². The van der Waals surface area contributed by atoms with E-state index in [1.807, 2.05) is 0 Å². The number of fused-ring (bicyclic) bond motifs is 1. The summed E-state index contributed by atoms with van der Waals surface area (Å²) < 4.78 is 0.813. The van der Waals surface area contributed by atoms with Crippen LogP contribution in [0.5, 0.6) is 0 Å². The van der Waals surface area contributed by atoms with Crippen molar-refractivity contribution < 1.29 is 9.59 Å². The van der Waals surface area contributed by atoms with Gasteiger partial charge >= 0.3 is 6.03 Å². The lowest BCUT2D eigenvalue weighted by Gasteiger charge is -2.22. The lowest BCUT2D eigenvalue weighted by molar-refractivity contribution is -0.108. The fourth-order valence-corrected chi connectivity index (χ4v) is 3.23. The molecule has 1 aromatic carbocycles. The largest absolute Gasteiger partial charge is 0.324 e. The predicted molar refractivity (Wildman–Crippen MR) is 89.8 cm³/mol. The second kappa shape index (κ2) is 6.91. The highest BCUT2D eigenvalue weighted by Gasteiger charge is 2.19. The Kier molecular flexibility index (Phi) is 5.43. The number of hydrogen-bond donors (Lipinski definition) is 1. The smallest absolute Gasteiger partial charge is 0.305 e. The van der Waals surface area contributed by atoms with Crippen LogP contribution in [-0.2, 0) is 4.79 Å². The zero-order valence-corrected chi connectivity index (χ0v) is 14.7. The molecule has 0 aliphatic heterocycles. The summed E-state index contributed by atoms with van der Waals surface area (Å²) in [6, 6.07) is 2.92. The van der Waals surface area contributed by atoms with Gasteiger partial charge < -0.3 is 9.69 Å². The third kappa shape index (κ3) is 3.85. The van der Waals surface area contributed by atoms with E-state index in [0.29, 0.717) is 27.0 Å². The first-order chi connectivity index (χ1) is 9.92. The number of nitrogens with zero attached hydrogens (tertiary/aromatic N) is 2. The molecule has 112 valence electrons. The molecule has 0 bridgehead atoms. The van der Waals surface area contributed by atoms with Gasteiger partial charge in [-0.15, -0.1) is 0 Å². The van der Waals surface area contributed by atoms with Crippen LogP contribution in [0.25, 0.3) is 10.2 Å². The molecule has 21 heavy (non-hydrogen) atoms. The van der Waals surface area contributed by atoms with E-state index in [1.54, 1.807) is 19.1 Å². The highest BCUT2D eigenvalue weighted by atomic mass is 79.9. The van der Waals surface area contributed by atoms with Gasteiger partial charge in [0.2, 0.25) is 0 Å². The molecule has 9 heteroatoms. The van der Waals surface area contributed by atoms with E-state index < -0.39 is 6.03 Å². The zero-order valence-electron chi connectivity index (χ0n) is 10.8. The van der Waals surface area contributed by atoms with Crippen LogP contribution in [0.4, 0.5) is 9.93 Å². The van der Waals surface area contributed by atoms with Gasteiger partial charge in [-0.2, -0.15) is 0 Å². The second-order valence-corrected chi connectivity index (χ2v) is 7.25. The van der Waals surface area contributed by atoms with Crippen molar-refractivity contribution in [3.05, 3.63) is 22.2 Å². The fourth-order valence-electron chi connectivity index (χ4n) is 1.61. The van der Waals surface area contributed by atoms with Gasteiger partial charge in [0.25, 0.3) is 0 Å². The number of carbonyl (C=O) groups excluding carboxylic acids is 2. The van der Waals surface area contributed by atoms with Gasteiger partial charge in [0.15, 0.2) is 5.13 Å². The van der Waals surface area contributed by atoms with Crippen LogP contribution in [0.2, 0.25) is 10.0 Å². The number of nitrogens with one attached hydrogen (secondary N) is 1. The molecule has 1 N–H and O–H groups in total. The molecule has 1 aromatic heterocycles. The van der Waals surface area contributed by atoms with Gasteiger partial charge in [0.05, 0.1) is 31.8 Å². The minimum Gasteiger partial charge on any atom is -0.305 e. The Hall–Kier alpha value is -0.890. The van der Waals surface area contributed by atoms with Gasteiger partial charge in [0.1, 0.15) is 6.29 Å². The van der Waals surface area contributed by atoms with Crippen molar-refractivity contribution in [2.24, 2.45) is 0 Å². The summed E-state index contributed by atoms with van der Waals surface area (Å²) >= 11 is 16.4. The molecule has 0 spiro atoms. The van der Waals surface area contributed by atoms with E-state index >= 15 is 0 Å². The van der Waals surface area contributed by atoms with Crippen molar-refractivity contribution in [2.45, 2.75) is 11.9 Å². The van der Waals surface area contributed by atoms with Crippen LogP contribution in [0.15, 0.2) is 12.1 Å². The number of halogens is 3. The lowest BCUT2D eigenvalue weighted by Crippen LogP contribution is -2.39. The van der Waals surface area contributed by atoms with Crippen LogP contribution in [0.1, 0.15) is 6.92 Å². The highest BCUT2D eigenvalue weighted by molar-refractivity contribution is 9.09. The molecular weight excluding hydrogens is 401 g/mol. The lowest BCUT2D eigenvalue weighted by atomic mass is 10.3. The van der Waals surface area contributed by atoms with Gasteiger partial charge in [-0.05, 0) is 19.1 Å². The number of aldehydes is 1. The summed E-state index contributed by atoms with van der Waals surface area (Å²) in [7, 11) is 0. The maximum absolute atomic E-state index is 12.1. The number of anilines is 1. The van der Waals surface area contributed by atoms with Crippen molar-refractivity contribution in [1.29, 1.82) is 0 Å². The molecule has 0 fully saturated rings. The van der Waals surface area contributed by atoms with Crippen LogP contribution in [0.3, 0.4) is 0 Å². The number of hydrogen-bond acceptors (Lipinski definition) is 4. The monoisotopic (exact) mass is 409 g/mol. The Balaban J connectivity index is 2.23. The van der Waals surface area contributed by atoms with Gasteiger partial charge in [-0.1, -0.05) is 50.5 Å². The first-order valence-corrected chi connectivity index (χ1v) is 8.32. The maximum Gasteiger partial charge on any atom is 0.324 e. The molecule has 5 nitrogen and oxygen atoms in total. The summed E-state index contributed by atoms with van der Waals surface area (Å²) in [5, 5.41) is 3.91. The summed E-state index contributed by atoms with van der Waals surface area (Å²) in [6.45, 7) is 1.74. The minimum absolute atomic E-state index is 0.0131. The van der Waals surface area contributed by atoms with Crippen LogP contribution in [-0.4, -0.2) is 33.7 Å². The maximum atomic E-state index is 12.1. The molecule has 0 saturated carbocycles. The number of benzene rings is 1. The number of alkyl halides is 1. The predicted octanol–water partition coefficient (Wildman–Crippen LogP) is 4.38. The number of urea groups is 1. The van der Waals surface area contributed by atoms with E-state index in [0.717, 1.165) is 4.70 Å². The second-order valence-electron chi connectivity index (χ2n) is 4.08. The Morgan fingerprint density at radius 2 is 2.19 bits per heavy atom. The van der Waals surface area contributed by atoms with Crippen molar-refractivity contribution in [3.8, 4) is 0 Å². The molecule has 0 saturated heterocycles. The Bertz CT molecular complexity index is 653. The quantitative estimate of drug-likeness (QED) is 0.462. The molecule has 0 aliphatic rings. The Morgan fingerprint density at radius 3 is 2.81 bits per heavy atom. The summed E-state index contributed by atoms with van der Waals surface area (Å²) in [5.41, 5.74) is 0.651. The van der Waals surface area contributed by atoms with Crippen LogP contribution in [0, 0.1) is 0 Å². The van der Waals surface area contributed by atoms with Crippen molar-refractivity contribution in [3.63, 3.8) is 0 Å². The van der Waals surface area contributed by atoms with Crippen molar-refractivity contribution >= 4 is 78.1 Å². The Morgan fingerprint density at radius 1 is 1.52 bits per heavy atom. The van der Waals surface area contributed by atoms with Crippen molar-refractivity contribution in [2.75, 3.05) is 11.9 Å². The molecule has 1 heterocycles. The highest BCUT2D eigenvalue weighted by Crippen LogP contribution is 2.33. The standard InChI is InChI=1S/C12H10BrCl2N3O2S/c1-6(13)18(2-3-19)12(20)17-11-16-9-4-7(14)8(15)5-10(9)21-11/h3-6H,2H2,1H3,(H,16,17,20). The molecule has 2 amide bonds. The topological polar surface area (TPSA) is 62.3 Å². The number of amides is 2. The average Bonchev–Trinajstić information content (AvgIpc) is 2.77. The summed E-state index contributed by atoms with van der Waals surface area (Å²) in [5.74, 6) is 0. The molecule has 0 aliphatic carbocycles. The molecule has 1 unspecified atom stereocenters. The Labute approximate surface area is 143 Å². The van der Waals surface area contributed by atoms with E-state index in [4.69, 9.17) is 23.2 Å². The molecule has 2 rings (SSSR count). The average molecular weight is 411 g/mol. The third-order valence-electron chi connectivity index (χ3n) is 2.61. The first-order valence-electron chi connectivity index (χ1n) is 5.83. The molecule has 1 atom stereocenters. The summed E-state index contributed by atoms with van der Waals surface area (Å²) in [4.78, 5) is 28.0. The first kappa shape index (κ1) is 16.5. The van der Waals surface area contributed by atoms with Crippen LogP contribution >= 0.6 is 50.5 Å². The number of carbonyl (C=O) groups is 2. The summed E-state index contributed by atoms with van der Waals surface area (Å²) in [6.07, 6.45) is 0.662. The number of aromatic nitrogens is 1. The number of thiazole rings is 1. The number of rotatable bonds is 4. The van der Waals surface area contributed by atoms with E-state index in [2.05, 4.69) is 26.2 Å². The molecular formula is C12H10BrCl2N3O2S. The van der Waals surface area contributed by atoms with E-state index in [9.17, 15) is 9.59 Å². The fraction of sp³-hybridized carbons (Fsp3) is 0.250. The van der Waals surface area contributed by atoms with E-state index in [-0.39, 0.29) is 11.5 Å². The van der Waals surface area contributed by atoms with Gasteiger partial charge in [-0.3, -0.25) is 5.32 Å². The van der Waals surface area contributed by atoms with Crippen LogP contribution < -0.4 is 5.32 Å². The van der Waals surface area contributed by atoms with Gasteiger partial charge in [-0.25, -0.2) is 9.78 Å². The third-order valence-corrected chi connectivity index (χ3v) is 4.76. The normalized spacial score (nSPS) is 12.2. The van der Waals surface area contributed by atoms with Crippen molar-refractivity contribution in [1.82, 2.24) is 9.88 Å². The van der Waals surface area contributed by atoms with E-state index in [1.165, 1.54) is 16.2 Å². The molecule has 0 radical (unpaired) electrons. The zero-order chi connectivity index (χ0) is 15.6.